The minimum atomic E-state index is -1.63. The van der Waals surface area contributed by atoms with Crippen molar-refractivity contribution in [2.24, 2.45) is 0 Å². The van der Waals surface area contributed by atoms with E-state index in [-0.39, 0.29) is 6.42 Å². The van der Waals surface area contributed by atoms with Crippen molar-refractivity contribution in [1.29, 1.82) is 0 Å². The summed E-state index contributed by atoms with van der Waals surface area (Å²) in [6.45, 7) is 0.713. The topological polar surface area (TPSA) is 121 Å². The molecule has 0 radical (unpaired) electrons. The Labute approximate surface area is 82.1 Å². The van der Waals surface area contributed by atoms with Gasteiger partial charge < -0.3 is 30.6 Å². The SMILES string of the molecule is CC(O)CC(O)C(O)C(O)C(O)CO. The van der Waals surface area contributed by atoms with Crippen LogP contribution in [0.25, 0.3) is 0 Å². The molecule has 0 aliphatic carbocycles. The molecule has 0 saturated heterocycles. The average Bonchev–Trinajstić information content (AvgIpc) is 2.13. The highest BCUT2D eigenvalue weighted by atomic mass is 16.4. The van der Waals surface area contributed by atoms with Crippen molar-refractivity contribution in [2.45, 2.75) is 43.9 Å². The molecule has 5 unspecified atom stereocenters. The molecule has 0 aliphatic heterocycles. The summed E-state index contributed by atoms with van der Waals surface area (Å²) in [5.74, 6) is 0. The molecule has 6 nitrogen and oxygen atoms in total. The summed E-state index contributed by atoms with van der Waals surface area (Å²) in [4.78, 5) is 0. The van der Waals surface area contributed by atoms with E-state index in [0.29, 0.717) is 0 Å². The van der Waals surface area contributed by atoms with Crippen molar-refractivity contribution in [2.75, 3.05) is 6.61 Å². The van der Waals surface area contributed by atoms with E-state index < -0.39 is 37.1 Å². The van der Waals surface area contributed by atoms with Crippen LogP contribution in [0.15, 0.2) is 0 Å². The molecular weight excluding hydrogens is 192 g/mol. The zero-order chi connectivity index (χ0) is 11.3. The second-order valence-corrected chi connectivity index (χ2v) is 3.38. The standard InChI is InChI=1S/C8H18O6/c1-4(10)2-5(11)7(13)8(14)6(12)3-9/h4-14H,2-3H2,1H3. The molecule has 14 heavy (non-hydrogen) atoms. The van der Waals surface area contributed by atoms with Gasteiger partial charge in [0.2, 0.25) is 0 Å². The molecule has 0 amide bonds. The van der Waals surface area contributed by atoms with Crippen LogP contribution in [0.1, 0.15) is 13.3 Å². The van der Waals surface area contributed by atoms with E-state index in [1.807, 2.05) is 0 Å². The van der Waals surface area contributed by atoms with Gasteiger partial charge in [0, 0.05) is 6.42 Å². The summed E-state index contributed by atoms with van der Waals surface area (Å²) < 4.78 is 0. The van der Waals surface area contributed by atoms with Gasteiger partial charge in [-0.3, -0.25) is 0 Å². The Kier molecular flexibility index (Phi) is 6.17. The number of rotatable bonds is 6. The van der Waals surface area contributed by atoms with Crippen molar-refractivity contribution in [3.63, 3.8) is 0 Å². The van der Waals surface area contributed by atoms with E-state index in [1.54, 1.807) is 0 Å². The minimum absolute atomic E-state index is 0.115. The maximum atomic E-state index is 9.25. The molecule has 6 heteroatoms. The van der Waals surface area contributed by atoms with Crippen molar-refractivity contribution < 1.29 is 30.6 Å². The van der Waals surface area contributed by atoms with Crippen LogP contribution in [0.5, 0.6) is 0 Å². The maximum absolute atomic E-state index is 9.25. The van der Waals surface area contributed by atoms with Gasteiger partial charge in [-0.15, -0.1) is 0 Å². The monoisotopic (exact) mass is 210 g/mol. The molecular formula is C8H18O6. The third-order valence-corrected chi connectivity index (χ3v) is 1.91. The molecule has 0 saturated carbocycles. The molecule has 0 heterocycles. The van der Waals surface area contributed by atoms with E-state index in [1.165, 1.54) is 6.92 Å². The molecule has 0 fully saturated rings. The normalized spacial score (nSPS) is 22.5. The lowest BCUT2D eigenvalue weighted by Gasteiger charge is -2.26. The van der Waals surface area contributed by atoms with E-state index in [9.17, 15) is 10.2 Å². The fourth-order valence-electron chi connectivity index (χ4n) is 1.05. The summed E-state index contributed by atoms with van der Waals surface area (Å²) in [6, 6.07) is 0. The lowest BCUT2D eigenvalue weighted by atomic mass is 9.99. The Hall–Kier alpha value is -0.240. The first kappa shape index (κ1) is 13.8. The van der Waals surface area contributed by atoms with Crippen LogP contribution >= 0.6 is 0 Å². The highest BCUT2D eigenvalue weighted by Crippen LogP contribution is 2.09. The molecule has 0 rings (SSSR count). The van der Waals surface area contributed by atoms with Gasteiger partial charge in [0.15, 0.2) is 0 Å². The predicted octanol–water partition coefficient (Wildman–Crippen LogP) is -2.81. The van der Waals surface area contributed by atoms with Crippen LogP contribution in [-0.4, -0.2) is 67.8 Å². The van der Waals surface area contributed by atoms with Crippen LogP contribution in [0.4, 0.5) is 0 Å². The van der Waals surface area contributed by atoms with Crippen molar-refractivity contribution in [3.8, 4) is 0 Å². The fraction of sp³-hybridized carbons (Fsp3) is 1.00. The van der Waals surface area contributed by atoms with Gasteiger partial charge in [-0.25, -0.2) is 0 Å². The van der Waals surface area contributed by atoms with Gasteiger partial charge in [-0.2, -0.15) is 0 Å². The summed E-state index contributed by atoms with van der Waals surface area (Å²) in [5.41, 5.74) is 0. The lowest BCUT2D eigenvalue weighted by molar-refractivity contribution is -0.121. The lowest BCUT2D eigenvalue weighted by Crippen LogP contribution is -2.46. The highest BCUT2D eigenvalue weighted by Gasteiger charge is 2.30. The number of hydrogen-bond acceptors (Lipinski definition) is 6. The molecule has 5 atom stereocenters. The third-order valence-electron chi connectivity index (χ3n) is 1.91. The van der Waals surface area contributed by atoms with Crippen LogP contribution in [0.3, 0.4) is 0 Å². The van der Waals surface area contributed by atoms with Crippen molar-refractivity contribution in [1.82, 2.24) is 0 Å². The van der Waals surface area contributed by atoms with Crippen LogP contribution in [0, 0.1) is 0 Å². The Bertz CT molecular complexity index is 151. The first-order valence-electron chi connectivity index (χ1n) is 4.41. The van der Waals surface area contributed by atoms with Gasteiger partial charge in [-0.1, -0.05) is 0 Å². The van der Waals surface area contributed by atoms with E-state index in [0.717, 1.165) is 0 Å². The van der Waals surface area contributed by atoms with E-state index in [4.69, 9.17) is 20.4 Å². The molecule has 6 N–H and O–H groups in total. The van der Waals surface area contributed by atoms with E-state index >= 15 is 0 Å². The van der Waals surface area contributed by atoms with Crippen molar-refractivity contribution in [3.05, 3.63) is 0 Å². The molecule has 0 aromatic carbocycles. The summed E-state index contributed by atoms with van der Waals surface area (Å²) in [6.07, 6.45) is -7.01. The Morgan fingerprint density at radius 1 is 0.857 bits per heavy atom. The minimum Gasteiger partial charge on any atom is -0.394 e. The van der Waals surface area contributed by atoms with Crippen LogP contribution in [0.2, 0.25) is 0 Å². The number of aliphatic hydroxyl groups is 6. The van der Waals surface area contributed by atoms with E-state index in [2.05, 4.69) is 0 Å². The Balaban J connectivity index is 4.09. The quantitative estimate of drug-likeness (QED) is 0.281. The predicted molar refractivity (Wildman–Crippen MR) is 47.4 cm³/mol. The number of hydrogen-bond donors (Lipinski definition) is 6. The number of aliphatic hydroxyl groups excluding tert-OH is 6. The zero-order valence-corrected chi connectivity index (χ0v) is 7.98. The van der Waals surface area contributed by atoms with Gasteiger partial charge in [-0.05, 0) is 6.92 Å². The molecule has 0 aliphatic rings. The molecule has 0 aromatic heterocycles. The molecule has 86 valence electrons. The largest absolute Gasteiger partial charge is 0.394 e. The van der Waals surface area contributed by atoms with Gasteiger partial charge in [0.25, 0.3) is 0 Å². The molecule has 0 spiro atoms. The average molecular weight is 210 g/mol. The first-order valence-corrected chi connectivity index (χ1v) is 4.41. The summed E-state index contributed by atoms with van der Waals surface area (Å²) in [7, 11) is 0. The van der Waals surface area contributed by atoms with Crippen molar-refractivity contribution >= 4 is 0 Å². The van der Waals surface area contributed by atoms with Gasteiger partial charge >= 0.3 is 0 Å². The van der Waals surface area contributed by atoms with Crippen LogP contribution < -0.4 is 0 Å². The summed E-state index contributed by atoms with van der Waals surface area (Å²) >= 11 is 0. The highest BCUT2D eigenvalue weighted by molar-refractivity contribution is 4.81. The summed E-state index contributed by atoms with van der Waals surface area (Å²) in [5, 5.41) is 54.0. The second kappa shape index (κ2) is 6.28. The smallest absolute Gasteiger partial charge is 0.110 e. The van der Waals surface area contributed by atoms with Gasteiger partial charge in [0.1, 0.15) is 18.3 Å². The fourth-order valence-corrected chi connectivity index (χ4v) is 1.05. The second-order valence-electron chi connectivity index (χ2n) is 3.38. The third kappa shape index (κ3) is 4.32. The zero-order valence-electron chi connectivity index (χ0n) is 7.98. The Morgan fingerprint density at radius 2 is 1.29 bits per heavy atom. The maximum Gasteiger partial charge on any atom is 0.110 e. The Morgan fingerprint density at radius 3 is 1.64 bits per heavy atom. The molecule has 0 bridgehead atoms. The van der Waals surface area contributed by atoms with Crippen LogP contribution in [-0.2, 0) is 0 Å². The molecule has 0 aromatic rings. The first-order chi connectivity index (χ1) is 6.40. The van der Waals surface area contributed by atoms with Gasteiger partial charge in [0.05, 0.1) is 18.8 Å².